The summed E-state index contributed by atoms with van der Waals surface area (Å²) in [5, 5.41) is 5.29. The third-order valence-corrected chi connectivity index (χ3v) is 3.71. The first-order valence-corrected chi connectivity index (χ1v) is 7.47. The molecule has 0 heterocycles. The summed E-state index contributed by atoms with van der Waals surface area (Å²) in [7, 11) is 3.11. The highest BCUT2D eigenvalue weighted by Crippen LogP contribution is 2.27. The number of nitrogens with one attached hydrogen (secondary N) is 2. The summed E-state index contributed by atoms with van der Waals surface area (Å²) in [6.45, 7) is 4.14. The number of carbonyl (C=O) groups excluding carboxylic acids is 2. The second-order valence-electron chi connectivity index (χ2n) is 5.28. The summed E-state index contributed by atoms with van der Waals surface area (Å²) in [6.07, 6.45) is 0.745. The third kappa shape index (κ3) is 5.36. The molecule has 3 amide bonds. The lowest BCUT2D eigenvalue weighted by atomic mass is 9.98. The second kappa shape index (κ2) is 8.87. The minimum absolute atomic E-state index is 0.0205. The summed E-state index contributed by atoms with van der Waals surface area (Å²) < 4.78 is 10.4. The molecule has 0 aromatic heterocycles. The lowest BCUT2D eigenvalue weighted by Gasteiger charge is -2.22. The molecule has 128 valence electrons. The maximum Gasteiger partial charge on any atom is 0.312 e. The third-order valence-electron chi connectivity index (χ3n) is 3.71. The Morgan fingerprint density at radius 2 is 1.87 bits per heavy atom. The zero-order valence-electron chi connectivity index (χ0n) is 14.0. The fraction of sp³-hybridized carbons (Fsp3) is 0.500. The smallest absolute Gasteiger partial charge is 0.312 e. The number of carbonyl (C=O) groups is 2. The number of ether oxygens (including phenoxy) is 2. The monoisotopic (exact) mass is 323 g/mol. The van der Waals surface area contributed by atoms with Crippen molar-refractivity contribution in [3.05, 3.63) is 23.8 Å². The van der Waals surface area contributed by atoms with Crippen molar-refractivity contribution in [2.24, 2.45) is 11.7 Å². The van der Waals surface area contributed by atoms with E-state index in [2.05, 4.69) is 10.6 Å². The van der Waals surface area contributed by atoms with E-state index in [1.807, 2.05) is 19.9 Å². The highest BCUT2D eigenvalue weighted by Gasteiger charge is 2.24. The number of amides is 3. The lowest BCUT2D eigenvalue weighted by Crippen LogP contribution is -2.51. The van der Waals surface area contributed by atoms with Crippen molar-refractivity contribution in [3.63, 3.8) is 0 Å². The molecule has 0 aliphatic rings. The SMILES string of the molecule is CC[C@H](C)[C@H](NC(N)=O)C(=O)NCc1ccc(OC)c(OC)c1. The van der Waals surface area contributed by atoms with E-state index in [0.29, 0.717) is 18.0 Å². The van der Waals surface area contributed by atoms with Crippen LogP contribution in [0.3, 0.4) is 0 Å². The fourth-order valence-corrected chi connectivity index (χ4v) is 2.14. The van der Waals surface area contributed by atoms with Crippen molar-refractivity contribution in [3.8, 4) is 11.5 Å². The topological polar surface area (TPSA) is 103 Å². The van der Waals surface area contributed by atoms with Crippen molar-refractivity contribution >= 4 is 11.9 Å². The van der Waals surface area contributed by atoms with Crippen LogP contribution in [0.1, 0.15) is 25.8 Å². The molecule has 0 aliphatic carbocycles. The maximum absolute atomic E-state index is 12.3. The number of rotatable bonds is 8. The Bertz CT molecular complexity index is 548. The summed E-state index contributed by atoms with van der Waals surface area (Å²) >= 11 is 0. The standard InChI is InChI=1S/C16H25N3O4/c1-5-10(2)14(19-16(17)21)15(20)18-9-11-6-7-12(22-3)13(8-11)23-4/h6-8,10,14H,5,9H2,1-4H3,(H,18,20)(H3,17,19,21)/t10-,14-/m0/s1. The molecular formula is C16H25N3O4. The van der Waals surface area contributed by atoms with Crippen molar-refractivity contribution in [2.45, 2.75) is 32.9 Å². The normalized spacial score (nSPS) is 12.9. The summed E-state index contributed by atoms with van der Waals surface area (Å²) in [4.78, 5) is 23.4. The number of hydrogen-bond donors (Lipinski definition) is 3. The summed E-state index contributed by atoms with van der Waals surface area (Å²) in [5.74, 6) is 0.921. The van der Waals surface area contributed by atoms with Gasteiger partial charge < -0.3 is 25.8 Å². The van der Waals surface area contributed by atoms with E-state index in [9.17, 15) is 9.59 Å². The quantitative estimate of drug-likeness (QED) is 0.673. The van der Waals surface area contributed by atoms with Gasteiger partial charge in [0.1, 0.15) is 6.04 Å². The molecule has 1 aromatic rings. The zero-order valence-corrected chi connectivity index (χ0v) is 14.0. The van der Waals surface area contributed by atoms with E-state index in [-0.39, 0.29) is 11.8 Å². The molecule has 1 aromatic carbocycles. The lowest BCUT2D eigenvalue weighted by molar-refractivity contribution is -0.124. The van der Waals surface area contributed by atoms with E-state index in [1.165, 1.54) is 0 Å². The van der Waals surface area contributed by atoms with E-state index in [4.69, 9.17) is 15.2 Å². The summed E-state index contributed by atoms with van der Waals surface area (Å²) in [6, 6.07) is 4.03. The van der Waals surface area contributed by atoms with Gasteiger partial charge in [-0.3, -0.25) is 4.79 Å². The van der Waals surface area contributed by atoms with Gasteiger partial charge in [-0.2, -0.15) is 0 Å². The van der Waals surface area contributed by atoms with Gasteiger partial charge >= 0.3 is 6.03 Å². The van der Waals surface area contributed by atoms with Gasteiger partial charge in [0.25, 0.3) is 0 Å². The molecular weight excluding hydrogens is 298 g/mol. The number of primary amides is 1. The van der Waals surface area contributed by atoms with Crippen molar-refractivity contribution in [1.82, 2.24) is 10.6 Å². The molecule has 7 heteroatoms. The first-order chi connectivity index (χ1) is 10.9. The fourth-order valence-electron chi connectivity index (χ4n) is 2.14. The molecule has 7 nitrogen and oxygen atoms in total. The van der Waals surface area contributed by atoms with Crippen LogP contribution in [-0.4, -0.2) is 32.2 Å². The largest absolute Gasteiger partial charge is 0.493 e. The Labute approximate surface area is 136 Å². The van der Waals surface area contributed by atoms with Crippen molar-refractivity contribution in [2.75, 3.05) is 14.2 Å². The number of nitrogens with two attached hydrogens (primary N) is 1. The molecule has 2 atom stereocenters. The Kier molecular flexibility index (Phi) is 7.18. The molecule has 23 heavy (non-hydrogen) atoms. The molecule has 1 rings (SSSR count). The Morgan fingerprint density at radius 3 is 2.39 bits per heavy atom. The number of benzene rings is 1. The Balaban J connectivity index is 2.75. The predicted octanol–water partition coefficient (Wildman–Crippen LogP) is 1.40. The van der Waals surface area contributed by atoms with E-state index >= 15 is 0 Å². The molecule has 0 fully saturated rings. The van der Waals surface area contributed by atoms with Crippen LogP contribution < -0.4 is 25.8 Å². The van der Waals surface area contributed by atoms with Crippen molar-refractivity contribution < 1.29 is 19.1 Å². The van der Waals surface area contributed by atoms with Crippen LogP contribution in [0.15, 0.2) is 18.2 Å². The van der Waals surface area contributed by atoms with Gasteiger partial charge in [0, 0.05) is 6.54 Å². The van der Waals surface area contributed by atoms with Gasteiger partial charge in [0.15, 0.2) is 11.5 Å². The van der Waals surface area contributed by atoms with E-state index < -0.39 is 12.1 Å². The van der Waals surface area contributed by atoms with Crippen molar-refractivity contribution in [1.29, 1.82) is 0 Å². The second-order valence-corrected chi connectivity index (χ2v) is 5.28. The van der Waals surface area contributed by atoms with Gasteiger partial charge in [0.05, 0.1) is 14.2 Å². The van der Waals surface area contributed by atoms with E-state index in [0.717, 1.165) is 12.0 Å². The van der Waals surface area contributed by atoms with Gasteiger partial charge in [-0.05, 0) is 23.6 Å². The highest BCUT2D eigenvalue weighted by molar-refractivity contribution is 5.86. The number of urea groups is 1. The van der Waals surface area contributed by atoms with Crippen LogP contribution >= 0.6 is 0 Å². The highest BCUT2D eigenvalue weighted by atomic mass is 16.5. The summed E-state index contributed by atoms with van der Waals surface area (Å²) in [5.41, 5.74) is 6.00. The van der Waals surface area contributed by atoms with Crippen LogP contribution in [0, 0.1) is 5.92 Å². The molecule has 0 spiro atoms. The average Bonchev–Trinajstić information content (AvgIpc) is 2.56. The van der Waals surface area contributed by atoms with E-state index in [1.54, 1.807) is 26.4 Å². The van der Waals surface area contributed by atoms with Crippen LogP contribution in [-0.2, 0) is 11.3 Å². The predicted molar refractivity (Wildman–Crippen MR) is 87.4 cm³/mol. The van der Waals surface area contributed by atoms with Crippen LogP contribution in [0.25, 0.3) is 0 Å². The molecule has 0 saturated carbocycles. The zero-order chi connectivity index (χ0) is 17.4. The maximum atomic E-state index is 12.3. The van der Waals surface area contributed by atoms with Gasteiger partial charge in [0.2, 0.25) is 5.91 Å². The minimum atomic E-state index is -0.712. The number of hydrogen-bond acceptors (Lipinski definition) is 4. The molecule has 0 unspecified atom stereocenters. The first kappa shape index (κ1) is 18.6. The molecule has 0 aliphatic heterocycles. The number of methoxy groups -OCH3 is 2. The molecule has 4 N–H and O–H groups in total. The average molecular weight is 323 g/mol. The van der Waals surface area contributed by atoms with Crippen LogP contribution in [0.4, 0.5) is 4.79 Å². The van der Waals surface area contributed by atoms with Gasteiger partial charge in [-0.1, -0.05) is 26.3 Å². The molecule has 0 radical (unpaired) electrons. The Hall–Kier alpha value is -2.44. The molecule has 0 saturated heterocycles. The Morgan fingerprint density at radius 1 is 1.22 bits per heavy atom. The van der Waals surface area contributed by atoms with Crippen LogP contribution in [0.5, 0.6) is 11.5 Å². The molecule has 0 bridgehead atoms. The minimum Gasteiger partial charge on any atom is -0.493 e. The van der Waals surface area contributed by atoms with Gasteiger partial charge in [-0.15, -0.1) is 0 Å². The van der Waals surface area contributed by atoms with Crippen LogP contribution in [0.2, 0.25) is 0 Å². The van der Waals surface area contributed by atoms with Gasteiger partial charge in [-0.25, -0.2) is 4.79 Å². The first-order valence-electron chi connectivity index (χ1n) is 7.47.